The highest BCUT2D eigenvalue weighted by atomic mass is 32.1. The van der Waals surface area contributed by atoms with Gasteiger partial charge in [-0.25, -0.2) is 0 Å². The molecule has 2 aliphatic rings. The van der Waals surface area contributed by atoms with Crippen LogP contribution in [-0.2, 0) is 4.79 Å². The summed E-state index contributed by atoms with van der Waals surface area (Å²) in [7, 11) is 1.62. The Morgan fingerprint density at radius 3 is 2.50 bits per heavy atom. The molecule has 0 spiro atoms. The minimum Gasteiger partial charge on any atom is -0.494 e. The van der Waals surface area contributed by atoms with Crippen LogP contribution < -0.4 is 20.3 Å². The Balaban J connectivity index is 1.59. The molecule has 0 radical (unpaired) electrons. The first-order chi connectivity index (χ1) is 19.1. The van der Waals surface area contributed by atoms with Crippen molar-refractivity contribution in [2.24, 2.45) is 5.41 Å². The first kappa shape index (κ1) is 28.1. The van der Waals surface area contributed by atoms with Gasteiger partial charge in [0.25, 0.3) is 0 Å². The van der Waals surface area contributed by atoms with Gasteiger partial charge in [-0.3, -0.25) is 9.78 Å². The fourth-order valence-electron chi connectivity index (χ4n) is 6.19. The number of thiocarbonyl (C=S) groups is 1. The van der Waals surface area contributed by atoms with E-state index in [1.54, 1.807) is 7.11 Å². The molecule has 2 unspecified atom stereocenters. The molecule has 3 heterocycles. The van der Waals surface area contributed by atoms with Crippen molar-refractivity contribution in [2.75, 3.05) is 17.3 Å². The topological polar surface area (TPSA) is 71.4 Å². The van der Waals surface area contributed by atoms with Crippen LogP contribution in [0.5, 0.6) is 5.75 Å². The standard InChI is InChI=1S/C32H41N5O2S/c1-20-18-24(21(2)36(20)22-12-8-7-9-13-22)29-28(26-14-10-11-17-33-26)35-31(40)37(29)23-15-16-25(27(19-23)39-6)34-30(38)32(3,4)5/h10-11,14-19,22,28-29H,7-9,12-13H2,1-6H3,(H,34,38)(H,35,40). The lowest BCUT2D eigenvalue weighted by molar-refractivity contribution is -0.123. The molecule has 1 aromatic carbocycles. The van der Waals surface area contributed by atoms with Gasteiger partial charge in [0, 0.05) is 40.8 Å². The van der Waals surface area contributed by atoms with Crippen LogP contribution in [0.4, 0.5) is 11.4 Å². The number of carbonyl (C=O) groups is 1. The van der Waals surface area contributed by atoms with E-state index in [2.05, 4.69) is 46.1 Å². The molecule has 2 atom stereocenters. The first-order valence-corrected chi connectivity index (χ1v) is 14.7. The van der Waals surface area contributed by atoms with Crippen LogP contribution in [0, 0.1) is 19.3 Å². The van der Waals surface area contributed by atoms with E-state index in [0.717, 1.165) is 11.4 Å². The monoisotopic (exact) mass is 559 g/mol. The van der Waals surface area contributed by atoms with Crippen molar-refractivity contribution in [3.8, 4) is 5.75 Å². The number of hydrogen-bond acceptors (Lipinski definition) is 4. The maximum Gasteiger partial charge on any atom is 0.229 e. The van der Waals surface area contributed by atoms with Gasteiger partial charge in [-0.15, -0.1) is 0 Å². The summed E-state index contributed by atoms with van der Waals surface area (Å²) >= 11 is 5.99. The fraction of sp³-hybridized carbons (Fsp3) is 0.469. The van der Waals surface area contributed by atoms with E-state index in [4.69, 9.17) is 21.9 Å². The number of nitrogens with one attached hydrogen (secondary N) is 2. The predicted molar refractivity (Wildman–Crippen MR) is 165 cm³/mol. The van der Waals surface area contributed by atoms with Gasteiger partial charge < -0.3 is 24.8 Å². The van der Waals surface area contributed by atoms with E-state index in [1.807, 2.05) is 57.3 Å². The summed E-state index contributed by atoms with van der Waals surface area (Å²) in [5.74, 6) is 0.519. The summed E-state index contributed by atoms with van der Waals surface area (Å²) in [6.45, 7) is 10.1. The molecule has 212 valence electrons. The van der Waals surface area contributed by atoms with Gasteiger partial charge in [0.15, 0.2) is 5.11 Å². The molecule has 0 bridgehead atoms. The van der Waals surface area contributed by atoms with Crippen LogP contribution in [0.25, 0.3) is 0 Å². The molecule has 2 aromatic heterocycles. The molecule has 1 aliphatic heterocycles. The zero-order valence-electron chi connectivity index (χ0n) is 24.5. The molecular formula is C32H41N5O2S. The summed E-state index contributed by atoms with van der Waals surface area (Å²) in [6, 6.07) is 14.5. The number of aromatic nitrogens is 2. The fourth-order valence-corrected chi connectivity index (χ4v) is 6.54. The van der Waals surface area contributed by atoms with Crippen molar-refractivity contribution in [1.82, 2.24) is 14.9 Å². The SMILES string of the molecule is COc1cc(N2C(=S)NC(c3ccccn3)C2c2cc(C)n(C3CCCCC3)c2C)ccc1NC(=O)C(C)(C)C. The van der Waals surface area contributed by atoms with E-state index in [1.165, 1.54) is 49.1 Å². The number of ether oxygens (including phenoxy) is 1. The zero-order chi connectivity index (χ0) is 28.6. The summed E-state index contributed by atoms with van der Waals surface area (Å²) < 4.78 is 8.30. The number of nitrogens with zero attached hydrogens (tertiary/aromatic N) is 3. The molecule has 5 rings (SSSR count). The smallest absolute Gasteiger partial charge is 0.229 e. The Hall–Kier alpha value is -3.39. The number of hydrogen-bond donors (Lipinski definition) is 2. The lowest BCUT2D eigenvalue weighted by Crippen LogP contribution is -2.30. The predicted octanol–water partition coefficient (Wildman–Crippen LogP) is 7.18. The third-order valence-corrected chi connectivity index (χ3v) is 8.59. The highest BCUT2D eigenvalue weighted by Crippen LogP contribution is 2.46. The molecule has 7 nitrogen and oxygen atoms in total. The van der Waals surface area contributed by atoms with Gasteiger partial charge in [0.2, 0.25) is 5.91 Å². The number of benzene rings is 1. The average molecular weight is 560 g/mol. The molecule has 40 heavy (non-hydrogen) atoms. The minimum absolute atomic E-state index is 0.0693. The van der Waals surface area contributed by atoms with E-state index in [-0.39, 0.29) is 18.0 Å². The molecule has 2 fully saturated rings. The molecule has 1 amide bonds. The van der Waals surface area contributed by atoms with E-state index in [9.17, 15) is 4.79 Å². The van der Waals surface area contributed by atoms with E-state index < -0.39 is 5.41 Å². The third-order valence-electron chi connectivity index (χ3n) is 8.27. The average Bonchev–Trinajstić information content (AvgIpc) is 3.44. The van der Waals surface area contributed by atoms with Gasteiger partial charge in [-0.2, -0.15) is 0 Å². The number of aryl methyl sites for hydroxylation is 1. The second-order valence-corrected chi connectivity index (χ2v) is 12.5. The van der Waals surface area contributed by atoms with Gasteiger partial charge in [0.1, 0.15) is 5.75 Å². The Labute approximate surface area is 243 Å². The summed E-state index contributed by atoms with van der Waals surface area (Å²) in [5, 5.41) is 7.24. The van der Waals surface area contributed by atoms with Crippen LogP contribution >= 0.6 is 12.2 Å². The minimum atomic E-state index is -0.522. The maximum atomic E-state index is 12.7. The van der Waals surface area contributed by atoms with Crippen molar-refractivity contribution >= 4 is 34.6 Å². The number of rotatable bonds is 6. The highest BCUT2D eigenvalue weighted by molar-refractivity contribution is 7.80. The van der Waals surface area contributed by atoms with Crippen LogP contribution in [0.3, 0.4) is 0 Å². The molecule has 2 N–H and O–H groups in total. The van der Waals surface area contributed by atoms with Crippen LogP contribution in [0.15, 0.2) is 48.7 Å². The maximum absolute atomic E-state index is 12.7. The normalized spacial score (nSPS) is 19.9. The lowest BCUT2D eigenvalue weighted by Gasteiger charge is -2.30. The second kappa shape index (κ2) is 11.2. The molecule has 1 saturated carbocycles. The van der Waals surface area contributed by atoms with Crippen LogP contribution in [0.2, 0.25) is 0 Å². The Morgan fingerprint density at radius 2 is 1.85 bits per heavy atom. The molecular weight excluding hydrogens is 518 g/mol. The summed E-state index contributed by atoms with van der Waals surface area (Å²) in [4.78, 5) is 19.6. The summed E-state index contributed by atoms with van der Waals surface area (Å²) in [5.41, 5.74) is 5.77. The van der Waals surface area contributed by atoms with Crippen LogP contribution in [-0.4, -0.2) is 27.7 Å². The number of carbonyl (C=O) groups excluding carboxylic acids is 1. The lowest BCUT2D eigenvalue weighted by atomic mass is 9.94. The van der Waals surface area contributed by atoms with Gasteiger partial charge >= 0.3 is 0 Å². The van der Waals surface area contributed by atoms with Crippen molar-refractivity contribution in [3.63, 3.8) is 0 Å². The largest absolute Gasteiger partial charge is 0.494 e. The number of amides is 1. The Kier molecular flexibility index (Phi) is 7.91. The van der Waals surface area contributed by atoms with Gasteiger partial charge in [-0.05, 0) is 74.8 Å². The number of methoxy groups -OCH3 is 1. The second-order valence-electron chi connectivity index (χ2n) is 12.1. The van der Waals surface area contributed by atoms with Gasteiger partial charge in [-0.1, -0.05) is 46.1 Å². The number of anilines is 2. The van der Waals surface area contributed by atoms with Crippen molar-refractivity contribution in [2.45, 2.75) is 84.8 Å². The molecule has 3 aromatic rings. The summed E-state index contributed by atoms with van der Waals surface area (Å²) in [6.07, 6.45) is 8.18. The first-order valence-electron chi connectivity index (χ1n) is 14.3. The highest BCUT2D eigenvalue weighted by Gasteiger charge is 2.43. The van der Waals surface area contributed by atoms with E-state index >= 15 is 0 Å². The van der Waals surface area contributed by atoms with Crippen LogP contribution in [0.1, 0.15) is 93.6 Å². The van der Waals surface area contributed by atoms with Crippen molar-refractivity contribution in [3.05, 3.63) is 71.3 Å². The van der Waals surface area contributed by atoms with Crippen molar-refractivity contribution in [1.29, 1.82) is 0 Å². The Morgan fingerprint density at radius 1 is 1.10 bits per heavy atom. The zero-order valence-corrected chi connectivity index (χ0v) is 25.3. The number of pyridine rings is 1. The third kappa shape index (κ3) is 5.33. The van der Waals surface area contributed by atoms with Crippen molar-refractivity contribution < 1.29 is 9.53 Å². The quantitative estimate of drug-likeness (QED) is 0.312. The molecule has 1 saturated heterocycles. The van der Waals surface area contributed by atoms with Gasteiger partial charge in [0.05, 0.1) is 30.6 Å². The Bertz CT molecular complexity index is 1390. The molecule has 1 aliphatic carbocycles. The van der Waals surface area contributed by atoms with E-state index in [0.29, 0.717) is 22.6 Å². The molecule has 8 heteroatoms.